The maximum absolute atomic E-state index is 13.0. The fourth-order valence-electron chi connectivity index (χ4n) is 3.59. The summed E-state index contributed by atoms with van der Waals surface area (Å²) in [4.78, 5) is 14.0. The van der Waals surface area contributed by atoms with E-state index in [1.807, 2.05) is 38.1 Å². The van der Waals surface area contributed by atoms with Crippen molar-refractivity contribution in [2.45, 2.75) is 32.3 Å². The number of phenols is 1. The number of rotatable bonds is 10. The van der Waals surface area contributed by atoms with Gasteiger partial charge in [0.25, 0.3) is 0 Å². The fourth-order valence-corrected chi connectivity index (χ4v) is 3.71. The minimum absolute atomic E-state index is 0.0861. The number of allylic oxidation sites excluding steroid dienone is 3. The highest BCUT2D eigenvalue weighted by Gasteiger charge is 2.31. The first-order chi connectivity index (χ1) is 16.3. The van der Waals surface area contributed by atoms with Gasteiger partial charge in [0.1, 0.15) is 34.2 Å². The molecule has 1 unspecified atom stereocenters. The van der Waals surface area contributed by atoms with Crippen LogP contribution in [0.15, 0.2) is 53.5 Å². The molecule has 0 fully saturated rings. The van der Waals surface area contributed by atoms with E-state index < -0.39 is 5.60 Å². The zero-order chi connectivity index (χ0) is 24.7. The van der Waals surface area contributed by atoms with E-state index in [0.717, 1.165) is 23.3 Å². The van der Waals surface area contributed by atoms with Crippen LogP contribution >= 0.6 is 12.6 Å². The maximum atomic E-state index is 13.0. The van der Waals surface area contributed by atoms with Gasteiger partial charge in [-0.3, -0.25) is 4.79 Å². The molecular weight excluding hydrogens is 452 g/mol. The second kappa shape index (κ2) is 11.3. The third kappa shape index (κ3) is 6.24. The third-order valence-electron chi connectivity index (χ3n) is 5.41. The van der Waals surface area contributed by atoms with Crippen molar-refractivity contribution < 1.29 is 28.8 Å². The van der Waals surface area contributed by atoms with Crippen molar-refractivity contribution in [2.24, 2.45) is 0 Å². The van der Waals surface area contributed by atoms with E-state index in [4.69, 9.17) is 18.9 Å². The Labute approximate surface area is 205 Å². The number of methoxy groups -OCH3 is 2. The van der Waals surface area contributed by atoms with Crippen LogP contribution in [0.3, 0.4) is 0 Å². The molecule has 180 valence electrons. The van der Waals surface area contributed by atoms with Gasteiger partial charge in [0.05, 0.1) is 12.7 Å². The molecule has 0 amide bonds. The highest BCUT2D eigenvalue weighted by Crippen LogP contribution is 2.44. The van der Waals surface area contributed by atoms with Crippen LogP contribution in [0.4, 0.5) is 0 Å². The van der Waals surface area contributed by atoms with E-state index in [1.165, 1.54) is 13.2 Å². The van der Waals surface area contributed by atoms with Gasteiger partial charge in [-0.1, -0.05) is 24.3 Å². The number of phenolic OH excluding ortho intramolecular Hbond substituents is 1. The van der Waals surface area contributed by atoms with Crippen LogP contribution in [0.25, 0.3) is 12.2 Å². The van der Waals surface area contributed by atoms with Crippen molar-refractivity contribution in [2.75, 3.05) is 21.0 Å². The van der Waals surface area contributed by atoms with Crippen LogP contribution in [-0.2, 0) is 4.74 Å². The summed E-state index contributed by atoms with van der Waals surface area (Å²) in [6.45, 7) is 4.07. The number of carbonyl (C=O) groups excluding carboxylic acids is 1. The van der Waals surface area contributed by atoms with E-state index in [1.54, 1.807) is 37.5 Å². The number of ketones is 1. The number of hydrogen-bond donors (Lipinski definition) is 2. The molecule has 0 saturated carbocycles. The molecule has 6 nitrogen and oxygen atoms in total. The van der Waals surface area contributed by atoms with Gasteiger partial charge in [0.15, 0.2) is 12.6 Å². The van der Waals surface area contributed by atoms with E-state index in [0.29, 0.717) is 17.1 Å². The molecule has 7 heteroatoms. The van der Waals surface area contributed by atoms with Crippen LogP contribution in [0, 0.1) is 0 Å². The molecule has 1 atom stereocenters. The molecule has 0 spiro atoms. The molecule has 3 rings (SSSR count). The first kappa shape index (κ1) is 25.5. The molecule has 0 saturated heterocycles. The molecule has 0 radical (unpaired) electrons. The van der Waals surface area contributed by atoms with Gasteiger partial charge in [-0.2, -0.15) is 0 Å². The monoisotopic (exact) mass is 482 g/mol. The van der Waals surface area contributed by atoms with Crippen LogP contribution in [0.1, 0.15) is 48.2 Å². The number of aromatic hydroxyl groups is 1. The van der Waals surface area contributed by atoms with Gasteiger partial charge in [-0.15, -0.1) is 12.6 Å². The molecule has 2 aromatic rings. The van der Waals surface area contributed by atoms with Gasteiger partial charge < -0.3 is 24.1 Å². The van der Waals surface area contributed by atoms with E-state index >= 15 is 0 Å². The van der Waals surface area contributed by atoms with Crippen LogP contribution in [0.5, 0.6) is 23.0 Å². The number of hydrogen-bond acceptors (Lipinski definition) is 7. The summed E-state index contributed by atoms with van der Waals surface area (Å²) in [5.41, 5.74) is 0.798. The van der Waals surface area contributed by atoms with Gasteiger partial charge in [0.2, 0.25) is 0 Å². The SMILES string of the molecule is COCOc1ccc(/C=C/C(=O)c2c(OC)cc3c(c2O)C=CC(C)(CC/C=C(\C)S)O3)cc1. The van der Waals surface area contributed by atoms with Crippen molar-refractivity contribution in [1.29, 1.82) is 0 Å². The first-order valence-electron chi connectivity index (χ1n) is 10.9. The summed E-state index contributed by atoms with van der Waals surface area (Å²) in [5.74, 6) is 0.829. The average molecular weight is 483 g/mol. The van der Waals surface area contributed by atoms with Gasteiger partial charge in [-0.05, 0) is 67.5 Å². The van der Waals surface area contributed by atoms with Crippen molar-refractivity contribution in [3.05, 3.63) is 70.2 Å². The number of ether oxygens (including phenoxy) is 4. The van der Waals surface area contributed by atoms with Crippen molar-refractivity contribution in [3.63, 3.8) is 0 Å². The van der Waals surface area contributed by atoms with E-state index in [-0.39, 0.29) is 29.6 Å². The lowest BCUT2D eigenvalue weighted by Gasteiger charge is -2.32. The molecule has 0 aromatic heterocycles. The third-order valence-corrected chi connectivity index (χ3v) is 5.59. The number of thiol groups is 1. The predicted molar refractivity (Wildman–Crippen MR) is 137 cm³/mol. The largest absolute Gasteiger partial charge is 0.506 e. The smallest absolute Gasteiger partial charge is 0.193 e. The molecule has 2 aromatic carbocycles. The van der Waals surface area contributed by atoms with Crippen molar-refractivity contribution in [3.8, 4) is 23.0 Å². The summed E-state index contributed by atoms with van der Waals surface area (Å²) in [6.07, 6.45) is 10.3. The van der Waals surface area contributed by atoms with Gasteiger partial charge in [0, 0.05) is 13.2 Å². The standard InChI is InChI=1S/C27H30O6S/c1-18(34)6-5-14-27(2)15-13-21-23(33-27)16-24(31-4)25(26(21)29)22(28)12-9-19-7-10-20(11-8-19)32-17-30-3/h6-13,15-16,29,34H,5,14,17H2,1-4H3/b12-9+,18-6+. The van der Waals surface area contributed by atoms with Gasteiger partial charge >= 0.3 is 0 Å². The summed E-state index contributed by atoms with van der Waals surface area (Å²) in [7, 11) is 3.01. The minimum Gasteiger partial charge on any atom is -0.506 e. The maximum Gasteiger partial charge on any atom is 0.193 e. The predicted octanol–water partition coefficient (Wildman–Crippen LogP) is 6.06. The van der Waals surface area contributed by atoms with E-state index in [9.17, 15) is 9.90 Å². The Kier molecular flexibility index (Phi) is 8.47. The molecule has 1 heterocycles. The Morgan fingerprint density at radius 1 is 1.24 bits per heavy atom. The zero-order valence-corrected chi connectivity index (χ0v) is 20.7. The number of fused-ring (bicyclic) bond motifs is 1. The average Bonchev–Trinajstić information content (AvgIpc) is 2.81. The van der Waals surface area contributed by atoms with Crippen molar-refractivity contribution >= 4 is 30.6 Å². The summed E-state index contributed by atoms with van der Waals surface area (Å²) in [5, 5.41) is 10.9. The first-order valence-corrected chi connectivity index (χ1v) is 11.3. The van der Waals surface area contributed by atoms with Crippen molar-refractivity contribution in [1.82, 2.24) is 0 Å². The number of carbonyl (C=O) groups is 1. The molecular formula is C27H30O6S. The van der Waals surface area contributed by atoms with Crippen LogP contribution in [-0.4, -0.2) is 37.5 Å². The topological polar surface area (TPSA) is 74.2 Å². The van der Waals surface area contributed by atoms with Crippen LogP contribution < -0.4 is 14.2 Å². The molecule has 0 bridgehead atoms. The highest BCUT2D eigenvalue weighted by molar-refractivity contribution is 7.84. The lowest BCUT2D eigenvalue weighted by molar-refractivity contribution is 0.0511. The molecule has 0 aliphatic carbocycles. The molecule has 34 heavy (non-hydrogen) atoms. The summed E-state index contributed by atoms with van der Waals surface area (Å²) in [6, 6.07) is 8.86. The Balaban J connectivity index is 1.82. The Morgan fingerprint density at radius 3 is 2.62 bits per heavy atom. The fraction of sp³-hybridized carbons (Fsp3) is 0.296. The van der Waals surface area contributed by atoms with E-state index in [2.05, 4.69) is 12.6 Å². The lowest BCUT2D eigenvalue weighted by Crippen LogP contribution is -2.31. The molecule has 1 aliphatic heterocycles. The summed E-state index contributed by atoms with van der Waals surface area (Å²) < 4.78 is 21.9. The normalized spacial score (nSPS) is 17.4. The lowest BCUT2D eigenvalue weighted by atomic mass is 9.93. The highest BCUT2D eigenvalue weighted by atomic mass is 32.1. The Bertz CT molecular complexity index is 1110. The Hall–Kier alpha value is -3.16. The summed E-state index contributed by atoms with van der Waals surface area (Å²) >= 11 is 4.30. The molecule has 1 N–H and O–H groups in total. The van der Waals surface area contributed by atoms with Crippen LogP contribution in [0.2, 0.25) is 0 Å². The minimum atomic E-state index is -0.547. The second-order valence-electron chi connectivity index (χ2n) is 8.16. The Morgan fingerprint density at radius 2 is 1.97 bits per heavy atom. The quantitative estimate of drug-likeness (QED) is 0.186. The molecule has 1 aliphatic rings. The number of benzene rings is 2. The van der Waals surface area contributed by atoms with Gasteiger partial charge in [-0.25, -0.2) is 0 Å². The zero-order valence-electron chi connectivity index (χ0n) is 19.8. The second-order valence-corrected chi connectivity index (χ2v) is 8.87.